The van der Waals surface area contributed by atoms with E-state index in [1.54, 1.807) is 7.05 Å². The molecule has 0 radical (unpaired) electrons. The number of likely N-dealkylation sites (tertiary alicyclic amines) is 1. The Labute approximate surface area is 275 Å². The first-order chi connectivity index (χ1) is 22.9. The van der Waals surface area contributed by atoms with E-state index in [1.165, 1.54) is 0 Å². The first-order valence-electron chi connectivity index (χ1n) is 16.8. The number of amides is 1. The van der Waals surface area contributed by atoms with E-state index in [1.807, 2.05) is 48.4 Å². The lowest BCUT2D eigenvalue weighted by molar-refractivity contribution is -0.123. The SMILES string of the molecule is CN=Cc1cnn2cc(OCCN3C4CCC3CC(=O)C4)cc(-c3ccc(N4CC5CC4CN5C(=O)c4cccc(C)c4C)nc3)c12. The lowest BCUT2D eigenvalue weighted by atomic mass is 10.0. The molecule has 4 saturated heterocycles. The molecule has 1 aromatic carbocycles. The molecule has 0 aliphatic carbocycles. The van der Waals surface area contributed by atoms with Crippen LogP contribution in [0, 0.1) is 13.8 Å². The van der Waals surface area contributed by atoms with Gasteiger partial charge in [0.1, 0.15) is 24.0 Å². The summed E-state index contributed by atoms with van der Waals surface area (Å²) in [5.74, 6) is 2.21. The third kappa shape index (κ3) is 5.28. The summed E-state index contributed by atoms with van der Waals surface area (Å²) in [7, 11) is 1.76. The van der Waals surface area contributed by atoms with Crippen LogP contribution in [0.5, 0.6) is 5.75 Å². The summed E-state index contributed by atoms with van der Waals surface area (Å²) in [5.41, 5.74) is 6.85. The standard InChI is InChI=1S/C37H41N7O3/c1-23-5-4-6-33(24(23)2)37(46)43-21-29-13-30(43)20-42(29)35-10-7-25(18-39-35)34-16-32(22-44-36(34)26(17-38-3)19-40-44)47-12-11-41-27-8-9-28(41)15-31(45)14-27/h4-7,10,16-19,22,27-30H,8-9,11-15,20-21H2,1-3H3. The Bertz CT molecular complexity index is 1870. The molecule has 4 fully saturated rings. The molecule has 4 unspecified atom stereocenters. The Kier molecular flexibility index (Phi) is 7.55. The number of Topliss-reactive ketones (excluding diaryl/α,β-unsaturated/α-hetero) is 1. The van der Waals surface area contributed by atoms with Crippen molar-refractivity contribution in [3.05, 3.63) is 77.2 Å². The van der Waals surface area contributed by atoms with Crippen molar-refractivity contribution in [2.24, 2.45) is 4.99 Å². The number of benzene rings is 1. The van der Waals surface area contributed by atoms with Crippen molar-refractivity contribution in [1.82, 2.24) is 24.4 Å². The average Bonchev–Trinajstić information content (AvgIpc) is 3.85. The zero-order chi connectivity index (χ0) is 32.2. The molecular weight excluding hydrogens is 590 g/mol. The second kappa shape index (κ2) is 11.9. The number of anilines is 1. The third-order valence-corrected chi connectivity index (χ3v) is 10.9. The average molecular weight is 632 g/mol. The van der Waals surface area contributed by atoms with Crippen molar-refractivity contribution in [2.75, 3.05) is 38.2 Å². The smallest absolute Gasteiger partial charge is 0.254 e. The predicted molar refractivity (Wildman–Crippen MR) is 182 cm³/mol. The van der Waals surface area contributed by atoms with Gasteiger partial charge in [0, 0.05) is 86.3 Å². The van der Waals surface area contributed by atoms with Crippen LogP contribution in [0.25, 0.3) is 16.6 Å². The maximum absolute atomic E-state index is 13.5. The minimum atomic E-state index is 0.137. The summed E-state index contributed by atoms with van der Waals surface area (Å²) in [6.07, 6.45) is 12.0. The van der Waals surface area contributed by atoms with Gasteiger partial charge in [-0.3, -0.25) is 19.5 Å². The number of rotatable bonds is 8. The number of ether oxygens (including phenoxy) is 1. The number of piperidine rings is 1. The molecule has 4 atom stereocenters. The van der Waals surface area contributed by atoms with Crippen molar-refractivity contribution in [1.29, 1.82) is 0 Å². The second-order valence-corrected chi connectivity index (χ2v) is 13.6. The molecular formula is C37H41N7O3. The molecule has 4 aliphatic heterocycles. The Morgan fingerprint density at radius 2 is 1.87 bits per heavy atom. The first-order valence-corrected chi connectivity index (χ1v) is 16.8. The molecule has 10 nitrogen and oxygen atoms in total. The molecule has 1 amide bonds. The Morgan fingerprint density at radius 1 is 1.04 bits per heavy atom. The van der Waals surface area contributed by atoms with E-state index in [0.29, 0.717) is 43.9 Å². The fourth-order valence-corrected chi connectivity index (χ4v) is 8.40. The molecule has 3 aromatic heterocycles. The highest BCUT2D eigenvalue weighted by Crippen LogP contribution is 2.37. The highest BCUT2D eigenvalue weighted by Gasteiger charge is 2.46. The van der Waals surface area contributed by atoms with Gasteiger partial charge in [0.05, 0.1) is 30.0 Å². The van der Waals surface area contributed by atoms with Crippen LogP contribution in [-0.2, 0) is 4.79 Å². The number of carbonyl (C=O) groups is 2. The van der Waals surface area contributed by atoms with E-state index < -0.39 is 0 Å². The van der Waals surface area contributed by atoms with Gasteiger partial charge in [0.25, 0.3) is 5.91 Å². The second-order valence-electron chi connectivity index (χ2n) is 13.6. The molecule has 47 heavy (non-hydrogen) atoms. The van der Waals surface area contributed by atoms with Crippen molar-refractivity contribution in [3.63, 3.8) is 0 Å². The predicted octanol–water partition coefficient (Wildman–Crippen LogP) is 4.74. The summed E-state index contributed by atoms with van der Waals surface area (Å²) in [6.45, 7) is 6.95. The summed E-state index contributed by atoms with van der Waals surface area (Å²) in [4.78, 5) is 41.6. The van der Waals surface area contributed by atoms with E-state index >= 15 is 0 Å². The van der Waals surface area contributed by atoms with E-state index in [-0.39, 0.29) is 18.0 Å². The molecule has 242 valence electrons. The molecule has 4 aromatic rings. The molecule has 0 spiro atoms. The van der Waals surface area contributed by atoms with Crippen molar-refractivity contribution >= 4 is 29.2 Å². The Hall–Kier alpha value is -4.57. The lowest BCUT2D eigenvalue weighted by Gasteiger charge is -2.35. The normalized spacial score (nSPS) is 23.9. The van der Waals surface area contributed by atoms with Crippen LogP contribution in [0.15, 0.2) is 60.0 Å². The Morgan fingerprint density at radius 3 is 2.60 bits per heavy atom. The maximum Gasteiger partial charge on any atom is 0.254 e. The molecule has 0 saturated carbocycles. The van der Waals surface area contributed by atoms with Gasteiger partial charge >= 0.3 is 0 Å². The molecule has 8 rings (SSSR count). The summed E-state index contributed by atoms with van der Waals surface area (Å²) >= 11 is 0. The summed E-state index contributed by atoms with van der Waals surface area (Å²) in [6, 6.07) is 13.4. The van der Waals surface area contributed by atoms with Gasteiger partial charge in [-0.25, -0.2) is 9.50 Å². The quantitative estimate of drug-likeness (QED) is 0.259. The summed E-state index contributed by atoms with van der Waals surface area (Å²) < 4.78 is 8.19. The number of piperazine rings is 1. The maximum atomic E-state index is 13.5. The van der Waals surface area contributed by atoms with Gasteiger partial charge in [-0.05, 0) is 68.5 Å². The van der Waals surface area contributed by atoms with Crippen LogP contribution < -0.4 is 9.64 Å². The summed E-state index contributed by atoms with van der Waals surface area (Å²) in [5, 5.41) is 4.62. The largest absolute Gasteiger partial charge is 0.491 e. The first kappa shape index (κ1) is 29.8. The Balaban J connectivity index is 0.997. The zero-order valence-corrected chi connectivity index (χ0v) is 27.3. The number of carbonyl (C=O) groups excluding carboxylic acids is 2. The van der Waals surface area contributed by atoms with Gasteiger partial charge in [0.15, 0.2) is 0 Å². The fraction of sp³-hybridized carbons (Fsp3) is 0.432. The van der Waals surface area contributed by atoms with E-state index in [9.17, 15) is 9.59 Å². The van der Waals surface area contributed by atoms with Crippen LogP contribution in [0.2, 0.25) is 0 Å². The molecule has 10 heteroatoms. The number of aliphatic imine (C=N–C) groups is 1. The number of aromatic nitrogens is 3. The van der Waals surface area contributed by atoms with Crippen LogP contribution in [0.3, 0.4) is 0 Å². The number of hydrogen-bond acceptors (Lipinski definition) is 8. The molecule has 4 aliphatic rings. The topological polar surface area (TPSA) is 95.6 Å². The molecule has 0 N–H and O–H groups in total. The number of pyridine rings is 2. The van der Waals surface area contributed by atoms with Crippen molar-refractivity contribution < 1.29 is 14.3 Å². The van der Waals surface area contributed by atoms with E-state index in [0.717, 1.165) is 82.8 Å². The lowest BCUT2D eigenvalue weighted by Crippen LogP contribution is -2.49. The molecule has 7 heterocycles. The fourth-order valence-electron chi connectivity index (χ4n) is 8.40. The number of fused-ring (bicyclic) bond motifs is 5. The highest BCUT2D eigenvalue weighted by molar-refractivity contribution is 5.97. The number of aryl methyl sites for hydroxylation is 1. The van der Waals surface area contributed by atoms with E-state index in [2.05, 4.69) is 56.0 Å². The van der Waals surface area contributed by atoms with Gasteiger partial charge in [-0.1, -0.05) is 12.1 Å². The minimum Gasteiger partial charge on any atom is -0.491 e. The van der Waals surface area contributed by atoms with E-state index in [4.69, 9.17) is 9.72 Å². The van der Waals surface area contributed by atoms with Gasteiger partial charge in [0.2, 0.25) is 0 Å². The van der Waals surface area contributed by atoms with Crippen LogP contribution in [0.4, 0.5) is 5.82 Å². The number of nitrogens with zero attached hydrogens (tertiary/aromatic N) is 7. The zero-order valence-electron chi connectivity index (χ0n) is 27.3. The van der Waals surface area contributed by atoms with Crippen LogP contribution in [0.1, 0.15) is 59.2 Å². The monoisotopic (exact) mass is 631 g/mol. The van der Waals surface area contributed by atoms with Gasteiger partial charge in [-0.15, -0.1) is 0 Å². The van der Waals surface area contributed by atoms with Crippen molar-refractivity contribution in [3.8, 4) is 16.9 Å². The number of hydrogen-bond donors (Lipinski definition) is 0. The van der Waals surface area contributed by atoms with Gasteiger partial charge in [-0.2, -0.15) is 5.10 Å². The number of ketones is 1. The highest BCUT2D eigenvalue weighted by atomic mass is 16.5. The molecule has 4 bridgehead atoms. The third-order valence-electron chi connectivity index (χ3n) is 10.9. The van der Waals surface area contributed by atoms with Crippen LogP contribution in [-0.4, -0.2) is 99.8 Å². The minimum absolute atomic E-state index is 0.137. The van der Waals surface area contributed by atoms with Crippen LogP contribution >= 0.6 is 0 Å². The van der Waals surface area contributed by atoms with Crippen molar-refractivity contribution in [2.45, 2.75) is 70.1 Å². The van der Waals surface area contributed by atoms with Gasteiger partial charge < -0.3 is 14.5 Å².